The van der Waals surface area contributed by atoms with E-state index in [2.05, 4.69) is 17.4 Å². The maximum Gasteiger partial charge on any atom is 0.318 e. The van der Waals surface area contributed by atoms with Gasteiger partial charge in [-0.3, -0.25) is 4.79 Å². The van der Waals surface area contributed by atoms with Gasteiger partial charge in [-0.05, 0) is 38.2 Å². The Balaban J connectivity index is 1.51. The standard InChI is InChI=1S/C19H27N3O2/c1-15(18(23)21-11-6-3-7-12-21)20-19(24)22-13-10-17(14-22)16-8-4-2-5-9-16/h2,4-5,8-9,15,17H,3,6-7,10-14H2,1H3,(H,20,24)/t15-,17-/m1/s1. The van der Waals surface area contributed by atoms with E-state index < -0.39 is 6.04 Å². The third-order valence-corrected chi connectivity index (χ3v) is 5.12. The van der Waals surface area contributed by atoms with Crippen molar-refractivity contribution in [1.82, 2.24) is 15.1 Å². The summed E-state index contributed by atoms with van der Waals surface area (Å²) < 4.78 is 0. The van der Waals surface area contributed by atoms with Crippen LogP contribution in [-0.2, 0) is 4.79 Å². The molecule has 1 N–H and O–H groups in total. The molecule has 2 atom stereocenters. The lowest BCUT2D eigenvalue weighted by Crippen LogP contribution is -2.51. The zero-order valence-corrected chi connectivity index (χ0v) is 14.4. The number of nitrogens with zero attached hydrogens (tertiary/aromatic N) is 2. The fourth-order valence-electron chi connectivity index (χ4n) is 3.67. The Labute approximate surface area is 144 Å². The third kappa shape index (κ3) is 3.89. The molecule has 1 aromatic carbocycles. The van der Waals surface area contributed by atoms with Crippen molar-refractivity contribution in [3.05, 3.63) is 35.9 Å². The van der Waals surface area contributed by atoms with Crippen LogP contribution < -0.4 is 5.32 Å². The van der Waals surface area contributed by atoms with Gasteiger partial charge in [0.2, 0.25) is 5.91 Å². The summed E-state index contributed by atoms with van der Waals surface area (Å²) in [6.45, 7) is 4.90. The van der Waals surface area contributed by atoms with E-state index in [1.807, 2.05) is 28.0 Å². The van der Waals surface area contributed by atoms with Crippen LogP contribution in [0.5, 0.6) is 0 Å². The highest BCUT2D eigenvalue weighted by molar-refractivity contribution is 5.86. The molecule has 3 amide bonds. The van der Waals surface area contributed by atoms with Crippen LogP contribution in [0.25, 0.3) is 0 Å². The van der Waals surface area contributed by atoms with Gasteiger partial charge in [0.05, 0.1) is 0 Å². The van der Waals surface area contributed by atoms with Crippen LogP contribution in [0.1, 0.15) is 44.1 Å². The van der Waals surface area contributed by atoms with E-state index in [-0.39, 0.29) is 11.9 Å². The summed E-state index contributed by atoms with van der Waals surface area (Å²) in [6, 6.07) is 9.76. The molecule has 5 heteroatoms. The van der Waals surface area contributed by atoms with E-state index in [0.29, 0.717) is 5.92 Å². The maximum absolute atomic E-state index is 12.5. The number of piperidine rings is 1. The first-order valence-electron chi connectivity index (χ1n) is 9.04. The molecule has 1 aromatic rings. The highest BCUT2D eigenvalue weighted by Crippen LogP contribution is 2.26. The molecule has 3 rings (SSSR count). The molecule has 0 spiro atoms. The zero-order valence-electron chi connectivity index (χ0n) is 14.4. The van der Waals surface area contributed by atoms with E-state index in [0.717, 1.165) is 45.4 Å². The Morgan fingerprint density at radius 2 is 1.75 bits per heavy atom. The normalized spacial score (nSPS) is 22.3. The SMILES string of the molecule is C[C@@H](NC(=O)N1CC[C@@H](c2ccccc2)C1)C(=O)N1CCCCC1. The Hall–Kier alpha value is -2.04. The number of carbonyl (C=O) groups is 2. The summed E-state index contributed by atoms with van der Waals surface area (Å²) in [5.41, 5.74) is 1.28. The monoisotopic (exact) mass is 329 g/mol. The number of amides is 3. The number of hydrogen-bond acceptors (Lipinski definition) is 2. The van der Waals surface area contributed by atoms with Crippen LogP contribution in [0.15, 0.2) is 30.3 Å². The van der Waals surface area contributed by atoms with Gasteiger partial charge < -0.3 is 15.1 Å². The second kappa shape index (κ2) is 7.69. The number of nitrogens with one attached hydrogen (secondary N) is 1. The Morgan fingerprint density at radius 3 is 2.46 bits per heavy atom. The fourth-order valence-corrected chi connectivity index (χ4v) is 3.67. The van der Waals surface area contributed by atoms with Gasteiger partial charge in [-0.25, -0.2) is 4.79 Å². The molecule has 0 saturated carbocycles. The van der Waals surface area contributed by atoms with E-state index in [1.165, 1.54) is 12.0 Å². The molecule has 2 fully saturated rings. The second-order valence-corrected chi connectivity index (χ2v) is 6.90. The van der Waals surface area contributed by atoms with E-state index in [4.69, 9.17) is 0 Å². The quantitative estimate of drug-likeness (QED) is 0.927. The van der Waals surface area contributed by atoms with Crippen molar-refractivity contribution in [3.63, 3.8) is 0 Å². The number of likely N-dealkylation sites (tertiary alicyclic amines) is 2. The predicted octanol–water partition coefficient (Wildman–Crippen LogP) is 2.59. The number of rotatable bonds is 3. The summed E-state index contributed by atoms with van der Waals surface area (Å²) in [5.74, 6) is 0.437. The lowest BCUT2D eigenvalue weighted by molar-refractivity contribution is -0.133. The molecule has 0 aliphatic carbocycles. The summed E-state index contributed by atoms with van der Waals surface area (Å²) in [6.07, 6.45) is 4.31. The largest absolute Gasteiger partial charge is 0.341 e. The van der Waals surface area contributed by atoms with Crippen molar-refractivity contribution < 1.29 is 9.59 Å². The lowest BCUT2D eigenvalue weighted by atomic mass is 9.99. The van der Waals surface area contributed by atoms with Crippen molar-refractivity contribution in [1.29, 1.82) is 0 Å². The minimum atomic E-state index is -0.452. The van der Waals surface area contributed by atoms with Crippen LogP contribution in [0, 0.1) is 0 Å². The van der Waals surface area contributed by atoms with Crippen LogP contribution in [0.4, 0.5) is 4.79 Å². The smallest absolute Gasteiger partial charge is 0.318 e. The molecule has 130 valence electrons. The first-order chi connectivity index (χ1) is 11.6. The van der Waals surface area contributed by atoms with Crippen molar-refractivity contribution in [3.8, 4) is 0 Å². The number of hydrogen-bond donors (Lipinski definition) is 1. The van der Waals surface area contributed by atoms with E-state index in [1.54, 1.807) is 6.92 Å². The Morgan fingerprint density at radius 1 is 1.04 bits per heavy atom. The predicted molar refractivity (Wildman–Crippen MR) is 93.8 cm³/mol. The van der Waals surface area contributed by atoms with Crippen LogP contribution in [0.3, 0.4) is 0 Å². The van der Waals surface area contributed by atoms with Gasteiger partial charge in [-0.1, -0.05) is 30.3 Å². The third-order valence-electron chi connectivity index (χ3n) is 5.12. The van der Waals surface area contributed by atoms with E-state index >= 15 is 0 Å². The first-order valence-corrected chi connectivity index (χ1v) is 9.04. The van der Waals surface area contributed by atoms with E-state index in [9.17, 15) is 9.59 Å². The lowest BCUT2D eigenvalue weighted by Gasteiger charge is -2.30. The second-order valence-electron chi connectivity index (χ2n) is 6.90. The molecule has 0 aromatic heterocycles. The van der Waals surface area contributed by atoms with Crippen LogP contribution >= 0.6 is 0 Å². The van der Waals surface area contributed by atoms with Gasteiger partial charge in [0, 0.05) is 32.1 Å². The van der Waals surface area contributed by atoms with Crippen LogP contribution in [0.2, 0.25) is 0 Å². The molecule has 2 aliphatic heterocycles. The van der Waals surface area contributed by atoms with Crippen molar-refractivity contribution in [2.75, 3.05) is 26.2 Å². The Bertz CT molecular complexity index is 569. The zero-order chi connectivity index (χ0) is 16.9. The number of benzene rings is 1. The van der Waals surface area contributed by atoms with Crippen molar-refractivity contribution in [2.45, 2.75) is 44.6 Å². The summed E-state index contributed by atoms with van der Waals surface area (Å²) in [5, 5.41) is 2.89. The molecule has 0 bridgehead atoms. The molecular weight excluding hydrogens is 302 g/mol. The van der Waals surface area contributed by atoms with Gasteiger partial charge >= 0.3 is 6.03 Å². The minimum absolute atomic E-state index is 0.0434. The Kier molecular flexibility index (Phi) is 5.38. The molecule has 5 nitrogen and oxygen atoms in total. The molecular formula is C19H27N3O2. The number of urea groups is 1. The van der Waals surface area contributed by atoms with Gasteiger partial charge in [0.1, 0.15) is 6.04 Å². The average Bonchev–Trinajstić information content (AvgIpc) is 3.13. The highest BCUT2D eigenvalue weighted by atomic mass is 16.2. The molecule has 2 aliphatic rings. The van der Waals surface area contributed by atoms with Gasteiger partial charge in [0.15, 0.2) is 0 Å². The molecule has 2 saturated heterocycles. The van der Waals surface area contributed by atoms with Gasteiger partial charge in [-0.15, -0.1) is 0 Å². The first kappa shape index (κ1) is 16.8. The molecule has 0 radical (unpaired) electrons. The van der Waals surface area contributed by atoms with Crippen molar-refractivity contribution >= 4 is 11.9 Å². The number of carbonyl (C=O) groups excluding carboxylic acids is 2. The topological polar surface area (TPSA) is 52.7 Å². The molecule has 24 heavy (non-hydrogen) atoms. The maximum atomic E-state index is 12.5. The molecule has 0 unspecified atom stereocenters. The minimum Gasteiger partial charge on any atom is -0.341 e. The summed E-state index contributed by atoms with van der Waals surface area (Å²) in [7, 11) is 0. The van der Waals surface area contributed by atoms with Gasteiger partial charge in [0.25, 0.3) is 0 Å². The highest BCUT2D eigenvalue weighted by Gasteiger charge is 2.30. The summed E-state index contributed by atoms with van der Waals surface area (Å²) >= 11 is 0. The van der Waals surface area contributed by atoms with Gasteiger partial charge in [-0.2, -0.15) is 0 Å². The summed E-state index contributed by atoms with van der Waals surface area (Å²) in [4.78, 5) is 28.6. The van der Waals surface area contributed by atoms with Crippen LogP contribution in [-0.4, -0.2) is 54.0 Å². The van der Waals surface area contributed by atoms with Crippen molar-refractivity contribution in [2.24, 2.45) is 0 Å². The fraction of sp³-hybridized carbons (Fsp3) is 0.579. The molecule has 2 heterocycles. The average molecular weight is 329 g/mol.